The van der Waals surface area contributed by atoms with E-state index in [0.29, 0.717) is 28.2 Å². The zero-order chi connectivity index (χ0) is 62.7. The fourth-order valence-corrected chi connectivity index (χ4v) is 10.3. The van der Waals surface area contributed by atoms with Gasteiger partial charge in [-0.05, 0) is 108 Å². The average molecular weight is 1190 g/mol. The van der Waals surface area contributed by atoms with Crippen molar-refractivity contribution in [3.63, 3.8) is 0 Å². The standard InChI is InChI=1S/2C17H16O5.C16H14O6.C16H14O5/c1-9-5-10(3-4-14(9)21-2)15-8-13(20)17-12(19)6-11(18)7-16(17)22-15;1-9-5-10(3-4-12(9)18)15-8-14(20)17-13(19)6-11(21-2)7-16(17)22-15;1-21-14-4-8(2-3-10(14)18)13-7-12(20)16-11(19)5-9(17)6-15(16)22-13;1-8-4-9(2-3-11(8)18)14-7-13(20)16-12(19)5-10(17)6-15(16)21-14/h2*3-7,15,18-19H,8H2,1-2H3;2-6,13,17-19H,7H2,1H3;2-6,14,17-19H,7H2,1H3. The van der Waals surface area contributed by atoms with Gasteiger partial charge in [0.05, 0.1) is 47.0 Å². The van der Waals surface area contributed by atoms with Crippen molar-refractivity contribution in [1.29, 1.82) is 0 Å². The lowest BCUT2D eigenvalue weighted by Gasteiger charge is -2.26. The average Bonchev–Trinajstić information content (AvgIpc) is 1.44. The molecule has 0 spiro atoms. The third kappa shape index (κ3) is 13.1. The smallest absolute Gasteiger partial charge is 0.174 e. The van der Waals surface area contributed by atoms with Crippen molar-refractivity contribution in [2.75, 3.05) is 21.3 Å². The number of hydrogen-bond donors (Lipinski definition) is 10. The Morgan fingerprint density at radius 1 is 0.322 bits per heavy atom. The van der Waals surface area contributed by atoms with Crippen molar-refractivity contribution in [3.8, 4) is 97.7 Å². The number of carbonyl (C=O) groups excluding carboxylic acids is 4. The number of phenolic OH excluding ortho intramolecular Hbond substituents is 10. The SMILES string of the molecule is COc1cc(C2CC(=O)c3c(O)cc(O)cc3O2)ccc1O.COc1cc(O)c2c(c1)OC(c1ccc(O)c(C)c1)CC2=O.COc1ccc(C2CC(=O)c3c(O)cc(O)cc3O2)cc1C.Cc1cc(C2CC(=O)c3c(O)cc(O)cc3O2)ccc1O. The predicted molar refractivity (Wildman–Crippen MR) is 311 cm³/mol. The maximum atomic E-state index is 12.3. The lowest BCUT2D eigenvalue weighted by molar-refractivity contribution is 0.0834. The van der Waals surface area contributed by atoms with Crippen LogP contribution in [0.1, 0.15) is 130 Å². The Morgan fingerprint density at radius 2 is 0.632 bits per heavy atom. The zero-order valence-electron chi connectivity index (χ0n) is 47.6. The van der Waals surface area contributed by atoms with Crippen LogP contribution in [0.25, 0.3) is 0 Å². The number of rotatable bonds is 7. The number of fused-ring (bicyclic) bond motifs is 4. The minimum atomic E-state index is -0.587. The van der Waals surface area contributed by atoms with Crippen LogP contribution in [0.4, 0.5) is 0 Å². The molecule has 21 nitrogen and oxygen atoms in total. The summed E-state index contributed by atoms with van der Waals surface area (Å²) in [5, 5.41) is 96.6. The van der Waals surface area contributed by atoms with Crippen molar-refractivity contribution >= 4 is 23.1 Å². The molecule has 0 radical (unpaired) electrons. The van der Waals surface area contributed by atoms with Gasteiger partial charge in [-0.3, -0.25) is 19.2 Å². The second kappa shape index (κ2) is 25.1. The number of aryl methyl sites for hydroxylation is 3. The monoisotopic (exact) mass is 1190 g/mol. The summed E-state index contributed by atoms with van der Waals surface area (Å²) in [6.45, 7) is 5.46. The fourth-order valence-electron chi connectivity index (χ4n) is 10.3. The largest absolute Gasteiger partial charge is 0.508 e. The van der Waals surface area contributed by atoms with E-state index in [0.717, 1.165) is 46.2 Å². The molecule has 0 fully saturated rings. The van der Waals surface area contributed by atoms with E-state index in [2.05, 4.69) is 0 Å². The molecule has 0 amide bonds. The Labute approximate surface area is 497 Å². The summed E-state index contributed by atoms with van der Waals surface area (Å²) in [4.78, 5) is 49.0. The van der Waals surface area contributed by atoms with Crippen LogP contribution in [-0.2, 0) is 0 Å². The normalized spacial score (nSPS) is 16.9. The summed E-state index contributed by atoms with van der Waals surface area (Å²) in [5.41, 5.74) is 5.88. The van der Waals surface area contributed by atoms with Crippen molar-refractivity contribution in [3.05, 3.63) is 183 Å². The van der Waals surface area contributed by atoms with Gasteiger partial charge < -0.3 is 84.2 Å². The Balaban J connectivity index is 0.000000138. The molecule has 87 heavy (non-hydrogen) atoms. The molecule has 0 saturated heterocycles. The molecule has 4 unspecified atom stereocenters. The van der Waals surface area contributed by atoms with Gasteiger partial charge in [0.15, 0.2) is 34.6 Å². The number of methoxy groups -OCH3 is 3. The summed E-state index contributed by atoms with van der Waals surface area (Å²) in [7, 11) is 4.51. The summed E-state index contributed by atoms with van der Waals surface area (Å²) < 4.78 is 38.4. The third-order valence-corrected chi connectivity index (χ3v) is 14.7. The number of carbonyl (C=O) groups is 4. The van der Waals surface area contributed by atoms with E-state index < -0.39 is 24.4 Å². The number of ketones is 4. The van der Waals surface area contributed by atoms with Crippen molar-refractivity contribution in [2.45, 2.75) is 70.9 Å². The summed E-state index contributed by atoms with van der Waals surface area (Å²) in [5.74, 6) is 0.236. The van der Waals surface area contributed by atoms with Crippen LogP contribution < -0.4 is 33.2 Å². The second-order valence-electron chi connectivity index (χ2n) is 20.7. The van der Waals surface area contributed by atoms with Crippen LogP contribution in [0.3, 0.4) is 0 Å². The highest BCUT2D eigenvalue weighted by Gasteiger charge is 2.35. The molecule has 0 saturated carbocycles. The number of aromatic hydroxyl groups is 10. The first-order valence-electron chi connectivity index (χ1n) is 26.9. The summed E-state index contributed by atoms with van der Waals surface area (Å²) in [6, 6.07) is 30.6. The summed E-state index contributed by atoms with van der Waals surface area (Å²) >= 11 is 0. The minimum absolute atomic E-state index is 0.0101. The quantitative estimate of drug-likeness (QED) is 0.0709. The Hall–Kier alpha value is -11.0. The highest BCUT2D eigenvalue weighted by atomic mass is 16.5. The first-order chi connectivity index (χ1) is 41.4. The number of Topliss-reactive ketones (excluding diaryl/α,β-unsaturated/α-hetero) is 4. The van der Waals surface area contributed by atoms with Gasteiger partial charge >= 0.3 is 0 Å². The van der Waals surface area contributed by atoms with Gasteiger partial charge in [0.1, 0.15) is 133 Å². The van der Waals surface area contributed by atoms with Gasteiger partial charge in [-0.1, -0.05) is 24.3 Å². The second-order valence-corrected chi connectivity index (χ2v) is 20.7. The zero-order valence-corrected chi connectivity index (χ0v) is 47.6. The predicted octanol–water partition coefficient (Wildman–Crippen LogP) is 11.6. The van der Waals surface area contributed by atoms with Crippen LogP contribution in [0.2, 0.25) is 0 Å². The minimum Gasteiger partial charge on any atom is -0.508 e. The maximum absolute atomic E-state index is 12.3. The maximum Gasteiger partial charge on any atom is 0.174 e. The molecule has 0 aliphatic carbocycles. The van der Waals surface area contributed by atoms with Gasteiger partial charge in [0.2, 0.25) is 0 Å². The first kappa shape index (κ1) is 60.6. The van der Waals surface area contributed by atoms with Gasteiger partial charge in [-0.2, -0.15) is 0 Å². The molecule has 450 valence electrons. The molecule has 4 aliphatic heterocycles. The molecule has 4 heterocycles. The van der Waals surface area contributed by atoms with E-state index in [1.165, 1.54) is 44.6 Å². The topological polar surface area (TPSA) is 335 Å². The van der Waals surface area contributed by atoms with Crippen LogP contribution in [-0.4, -0.2) is 95.5 Å². The van der Waals surface area contributed by atoms with Crippen LogP contribution in [0, 0.1) is 20.8 Å². The fraction of sp³-hybridized carbons (Fsp3) is 0.212. The molecule has 4 atom stereocenters. The van der Waals surface area contributed by atoms with Gasteiger partial charge in [-0.15, -0.1) is 0 Å². The van der Waals surface area contributed by atoms with Crippen LogP contribution in [0.15, 0.2) is 121 Å². The van der Waals surface area contributed by atoms with Gasteiger partial charge in [-0.25, -0.2) is 0 Å². The van der Waals surface area contributed by atoms with E-state index in [-0.39, 0.29) is 152 Å². The first-order valence-corrected chi connectivity index (χ1v) is 26.9. The lowest BCUT2D eigenvalue weighted by Crippen LogP contribution is -2.20. The van der Waals surface area contributed by atoms with E-state index in [1.54, 1.807) is 75.6 Å². The Kier molecular flexibility index (Phi) is 17.5. The van der Waals surface area contributed by atoms with Crippen molar-refractivity contribution in [1.82, 2.24) is 0 Å². The highest BCUT2D eigenvalue weighted by Crippen LogP contribution is 2.47. The molecular weight excluding hydrogens is 1130 g/mol. The van der Waals surface area contributed by atoms with E-state index in [1.807, 2.05) is 25.1 Å². The Morgan fingerprint density at radius 3 is 0.966 bits per heavy atom. The van der Waals surface area contributed by atoms with Crippen molar-refractivity contribution in [2.24, 2.45) is 0 Å². The number of ether oxygens (including phenoxy) is 7. The van der Waals surface area contributed by atoms with Crippen LogP contribution >= 0.6 is 0 Å². The van der Waals surface area contributed by atoms with Crippen LogP contribution in [0.5, 0.6) is 97.7 Å². The van der Waals surface area contributed by atoms with E-state index in [4.69, 9.17) is 33.2 Å². The Bertz CT molecular complexity index is 4020. The molecule has 21 heteroatoms. The van der Waals surface area contributed by atoms with Crippen molar-refractivity contribution < 1.29 is 103 Å². The number of phenols is 10. The van der Waals surface area contributed by atoms with Gasteiger partial charge in [0, 0.05) is 48.5 Å². The van der Waals surface area contributed by atoms with E-state index in [9.17, 15) is 70.2 Å². The molecule has 0 bridgehead atoms. The molecule has 0 aromatic heterocycles. The summed E-state index contributed by atoms with van der Waals surface area (Å²) in [6.07, 6.45) is -1.60. The molecule has 4 aliphatic rings. The number of hydrogen-bond acceptors (Lipinski definition) is 21. The molecule has 12 rings (SSSR count). The third-order valence-electron chi connectivity index (χ3n) is 14.7. The molecule has 8 aromatic carbocycles. The van der Waals surface area contributed by atoms with E-state index >= 15 is 0 Å². The number of benzene rings is 8. The highest BCUT2D eigenvalue weighted by molar-refractivity contribution is 6.05. The lowest BCUT2D eigenvalue weighted by atomic mass is 9.94. The molecule has 8 aromatic rings. The molecular formula is C66H60O21. The molecule has 10 N–H and O–H groups in total. The van der Waals surface area contributed by atoms with Gasteiger partial charge in [0.25, 0.3) is 0 Å².